The molecule has 1 fully saturated rings. The summed E-state index contributed by atoms with van der Waals surface area (Å²) in [5.41, 5.74) is -0.132. The molecule has 1 aliphatic rings. The fraction of sp³-hybridized carbons (Fsp3) is 0.409. The molecule has 0 unspecified atom stereocenters. The minimum absolute atomic E-state index is 0.284. The molecule has 1 aliphatic heterocycles. The Morgan fingerprint density at radius 3 is 2.74 bits per heavy atom. The third-order valence-electron chi connectivity index (χ3n) is 5.43. The van der Waals surface area contributed by atoms with Crippen molar-refractivity contribution in [1.82, 2.24) is 15.0 Å². The van der Waals surface area contributed by atoms with Gasteiger partial charge in [-0.05, 0) is 38.0 Å². The number of thiazole rings is 1. The highest BCUT2D eigenvalue weighted by atomic mass is 32.1. The number of ether oxygens (including phenoxy) is 1. The van der Waals surface area contributed by atoms with E-state index in [-0.39, 0.29) is 5.75 Å². The summed E-state index contributed by atoms with van der Waals surface area (Å²) in [6.07, 6.45) is 5.98. The van der Waals surface area contributed by atoms with Crippen LogP contribution in [-0.2, 0) is 12.0 Å². The van der Waals surface area contributed by atoms with Gasteiger partial charge in [0, 0.05) is 49.3 Å². The lowest BCUT2D eigenvalue weighted by molar-refractivity contribution is 0.0241. The van der Waals surface area contributed by atoms with Gasteiger partial charge in [-0.15, -0.1) is 11.3 Å². The van der Waals surface area contributed by atoms with E-state index >= 15 is 0 Å². The van der Waals surface area contributed by atoms with Crippen LogP contribution in [0.2, 0.25) is 0 Å². The lowest BCUT2D eigenvalue weighted by atomic mass is 9.96. The average molecular weight is 447 g/mol. The van der Waals surface area contributed by atoms with Crippen LogP contribution in [0, 0.1) is 18.6 Å². The second-order valence-corrected chi connectivity index (χ2v) is 8.71. The number of aliphatic hydroxyl groups is 1. The van der Waals surface area contributed by atoms with Crippen molar-refractivity contribution in [3.8, 4) is 5.75 Å². The Kier molecular flexibility index (Phi) is 6.43. The first kappa shape index (κ1) is 21.6. The van der Waals surface area contributed by atoms with E-state index in [1.807, 2.05) is 6.92 Å². The van der Waals surface area contributed by atoms with E-state index in [4.69, 9.17) is 4.74 Å². The third kappa shape index (κ3) is 4.99. The molecule has 0 aliphatic carbocycles. The SMILES string of the molecule is Cc1nc([C@]2(O)CCCN(c3ncccn3)CC2)sc1CCOc1ccc(F)c(F)c1. The minimum Gasteiger partial charge on any atom is -0.493 e. The number of benzene rings is 1. The number of aryl methyl sites for hydroxylation is 1. The Bertz CT molecular complexity index is 1030. The summed E-state index contributed by atoms with van der Waals surface area (Å²) in [5, 5.41) is 12.1. The zero-order chi connectivity index (χ0) is 21.8. The summed E-state index contributed by atoms with van der Waals surface area (Å²) in [6.45, 7) is 3.65. The van der Waals surface area contributed by atoms with Crippen molar-refractivity contribution in [2.45, 2.75) is 38.2 Å². The molecule has 1 N–H and O–H groups in total. The standard InChI is InChI=1S/C22H24F2N4O2S/c1-15-19(6-13-30-16-4-5-17(23)18(24)14-16)31-20(27-15)22(29)7-2-11-28(12-8-22)21-25-9-3-10-26-21/h3-5,9-10,14,29H,2,6-8,11-13H2,1H3/t22-/m0/s1. The van der Waals surface area contributed by atoms with Gasteiger partial charge in [-0.3, -0.25) is 0 Å². The van der Waals surface area contributed by atoms with Gasteiger partial charge in [-0.2, -0.15) is 0 Å². The monoisotopic (exact) mass is 446 g/mol. The molecule has 0 radical (unpaired) electrons. The van der Waals surface area contributed by atoms with E-state index < -0.39 is 17.2 Å². The van der Waals surface area contributed by atoms with E-state index in [2.05, 4.69) is 19.9 Å². The largest absolute Gasteiger partial charge is 0.493 e. The fourth-order valence-electron chi connectivity index (χ4n) is 3.67. The number of hydrogen-bond acceptors (Lipinski definition) is 7. The van der Waals surface area contributed by atoms with Gasteiger partial charge in [-0.1, -0.05) is 0 Å². The van der Waals surface area contributed by atoms with E-state index in [9.17, 15) is 13.9 Å². The van der Waals surface area contributed by atoms with Gasteiger partial charge < -0.3 is 14.7 Å². The van der Waals surface area contributed by atoms with Crippen LogP contribution in [0.25, 0.3) is 0 Å². The van der Waals surface area contributed by atoms with Crippen molar-refractivity contribution in [3.05, 3.63) is 63.9 Å². The maximum atomic E-state index is 13.3. The summed E-state index contributed by atoms with van der Waals surface area (Å²) in [7, 11) is 0. The molecule has 0 saturated carbocycles. The molecule has 0 amide bonds. The molecule has 6 nitrogen and oxygen atoms in total. The Morgan fingerprint density at radius 1 is 1.16 bits per heavy atom. The smallest absolute Gasteiger partial charge is 0.225 e. The summed E-state index contributed by atoms with van der Waals surface area (Å²) in [6, 6.07) is 5.27. The number of anilines is 1. The van der Waals surface area contributed by atoms with Crippen molar-refractivity contribution >= 4 is 17.3 Å². The molecule has 3 heterocycles. The zero-order valence-corrected chi connectivity index (χ0v) is 18.0. The Balaban J connectivity index is 1.39. The quantitative estimate of drug-likeness (QED) is 0.617. The molecule has 9 heteroatoms. The highest BCUT2D eigenvalue weighted by Gasteiger charge is 2.35. The summed E-state index contributed by atoms with van der Waals surface area (Å²) in [5.74, 6) is -0.868. The van der Waals surface area contributed by atoms with Gasteiger partial charge in [-0.25, -0.2) is 23.7 Å². The zero-order valence-electron chi connectivity index (χ0n) is 17.2. The average Bonchev–Trinajstić information content (AvgIpc) is 3.02. The lowest BCUT2D eigenvalue weighted by Gasteiger charge is -2.24. The Labute approximate surface area is 183 Å². The third-order valence-corrected chi connectivity index (χ3v) is 6.84. The van der Waals surface area contributed by atoms with Crippen LogP contribution >= 0.6 is 11.3 Å². The van der Waals surface area contributed by atoms with Crippen LogP contribution in [0.1, 0.15) is 34.8 Å². The van der Waals surface area contributed by atoms with E-state index in [0.717, 1.165) is 35.7 Å². The molecule has 31 heavy (non-hydrogen) atoms. The van der Waals surface area contributed by atoms with Gasteiger partial charge in [0.2, 0.25) is 5.95 Å². The Hall–Kier alpha value is -2.65. The van der Waals surface area contributed by atoms with E-state index in [0.29, 0.717) is 43.4 Å². The first-order chi connectivity index (χ1) is 14.9. The summed E-state index contributed by atoms with van der Waals surface area (Å²) < 4.78 is 31.9. The molecular formula is C22H24F2N4O2S. The number of hydrogen-bond donors (Lipinski definition) is 1. The number of aromatic nitrogens is 3. The lowest BCUT2D eigenvalue weighted by Crippen LogP contribution is -2.30. The predicted octanol–water partition coefficient (Wildman–Crippen LogP) is 4.02. The van der Waals surface area contributed by atoms with Crippen molar-refractivity contribution in [2.24, 2.45) is 0 Å². The first-order valence-corrected chi connectivity index (χ1v) is 11.1. The molecule has 1 saturated heterocycles. The molecule has 4 rings (SSSR count). The fourth-order valence-corrected chi connectivity index (χ4v) is 4.86. The second kappa shape index (κ2) is 9.23. The number of rotatable bonds is 6. The van der Waals surface area contributed by atoms with Crippen LogP contribution in [0.5, 0.6) is 5.75 Å². The van der Waals surface area contributed by atoms with Gasteiger partial charge in [0.05, 0.1) is 12.3 Å². The Morgan fingerprint density at radius 2 is 1.97 bits per heavy atom. The molecule has 1 atom stereocenters. The molecule has 0 bridgehead atoms. The first-order valence-electron chi connectivity index (χ1n) is 10.2. The minimum atomic E-state index is -0.988. The van der Waals surface area contributed by atoms with Gasteiger partial charge >= 0.3 is 0 Å². The molecule has 164 valence electrons. The molecular weight excluding hydrogens is 422 g/mol. The van der Waals surface area contributed by atoms with Crippen molar-refractivity contribution in [3.63, 3.8) is 0 Å². The van der Waals surface area contributed by atoms with Gasteiger partial charge in [0.1, 0.15) is 16.4 Å². The van der Waals surface area contributed by atoms with Crippen LogP contribution in [0.15, 0.2) is 36.7 Å². The van der Waals surface area contributed by atoms with Gasteiger partial charge in [0.25, 0.3) is 0 Å². The summed E-state index contributed by atoms with van der Waals surface area (Å²) >= 11 is 1.49. The number of nitrogens with zero attached hydrogens (tertiary/aromatic N) is 4. The molecule has 3 aromatic rings. The second-order valence-electron chi connectivity index (χ2n) is 7.62. The number of halogens is 2. The highest BCUT2D eigenvalue weighted by Crippen LogP contribution is 2.37. The van der Waals surface area contributed by atoms with Crippen molar-refractivity contribution in [1.29, 1.82) is 0 Å². The topological polar surface area (TPSA) is 71.4 Å². The molecule has 2 aromatic heterocycles. The van der Waals surface area contributed by atoms with Crippen LogP contribution in [0.3, 0.4) is 0 Å². The maximum Gasteiger partial charge on any atom is 0.225 e. The van der Waals surface area contributed by atoms with Crippen molar-refractivity contribution < 1.29 is 18.6 Å². The van der Waals surface area contributed by atoms with E-state index in [1.165, 1.54) is 17.4 Å². The van der Waals surface area contributed by atoms with Crippen LogP contribution in [-0.4, -0.2) is 39.8 Å². The molecule has 1 aromatic carbocycles. The molecule has 0 spiro atoms. The summed E-state index contributed by atoms with van der Waals surface area (Å²) in [4.78, 5) is 16.4. The van der Waals surface area contributed by atoms with Crippen LogP contribution < -0.4 is 9.64 Å². The van der Waals surface area contributed by atoms with Gasteiger partial charge in [0.15, 0.2) is 11.6 Å². The van der Waals surface area contributed by atoms with Crippen LogP contribution in [0.4, 0.5) is 14.7 Å². The predicted molar refractivity (Wildman–Crippen MR) is 114 cm³/mol. The normalized spacial score (nSPS) is 19.3. The maximum absolute atomic E-state index is 13.3. The van der Waals surface area contributed by atoms with Crippen molar-refractivity contribution in [2.75, 3.05) is 24.6 Å². The highest BCUT2D eigenvalue weighted by molar-refractivity contribution is 7.11. The van der Waals surface area contributed by atoms with E-state index in [1.54, 1.807) is 18.5 Å².